The van der Waals surface area contributed by atoms with Gasteiger partial charge in [0, 0.05) is 29.4 Å². The summed E-state index contributed by atoms with van der Waals surface area (Å²) in [5.41, 5.74) is 2.04. The van der Waals surface area contributed by atoms with Gasteiger partial charge in [-0.2, -0.15) is 0 Å². The topological polar surface area (TPSA) is 23.5 Å². The summed E-state index contributed by atoms with van der Waals surface area (Å²) in [6.07, 6.45) is 7.86. The zero-order chi connectivity index (χ0) is 13.0. The molecule has 0 bridgehead atoms. The average molecular weight is 268 g/mol. The maximum Gasteiger partial charge on any atom is 0.0702 e. The molecule has 3 heteroatoms. The number of benzene rings is 1. The van der Waals surface area contributed by atoms with E-state index in [0.29, 0.717) is 11.1 Å². The standard InChI is InChI=1S/C15H22ClNO/c1-17(14-6-4-2-3-5-7-14)15-9-8-13(16)10-12(15)11-18/h8-10,14,18H,2-7,11H2,1H3. The van der Waals surface area contributed by atoms with Crippen LogP contribution in [0.15, 0.2) is 18.2 Å². The van der Waals surface area contributed by atoms with Crippen molar-refractivity contribution >= 4 is 17.3 Å². The SMILES string of the molecule is CN(c1ccc(Cl)cc1CO)C1CCCCCC1. The smallest absolute Gasteiger partial charge is 0.0702 e. The van der Waals surface area contributed by atoms with E-state index in [0.717, 1.165) is 11.3 Å². The third-order valence-corrected chi connectivity index (χ3v) is 4.20. The van der Waals surface area contributed by atoms with E-state index in [1.54, 1.807) is 0 Å². The molecular weight excluding hydrogens is 246 g/mol. The summed E-state index contributed by atoms with van der Waals surface area (Å²) in [5.74, 6) is 0. The van der Waals surface area contributed by atoms with E-state index in [4.69, 9.17) is 11.6 Å². The maximum atomic E-state index is 9.46. The van der Waals surface area contributed by atoms with Gasteiger partial charge < -0.3 is 10.0 Å². The molecule has 2 nitrogen and oxygen atoms in total. The van der Waals surface area contributed by atoms with Crippen LogP contribution < -0.4 is 4.90 Å². The van der Waals surface area contributed by atoms with Crippen LogP contribution in [0.25, 0.3) is 0 Å². The lowest BCUT2D eigenvalue weighted by Gasteiger charge is -2.31. The van der Waals surface area contributed by atoms with Gasteiger partial charge in [0.15, 0.2) is 0 Å². The summed E-state index contributed by atoms with van der Waals surface area (Å²) in [5, 5.41) is 10.2. The molecule has 1 aliphatic carbocycles. The first kappa shape index (κ1) is 13.7. The third kappa shape index (κ3) is 3.18. The number of halogens is 1. The van der Waals surface area contributed by atoms with Crippen molar-refractivity contribution in [1.29, 1.82) is 0 Å². The zero-order valence-corrected chi connectivity index (χ0v) is 11.8. The summed E-state index contributed by atoms with van der Waals surface area (Å²) >= 11 is 5.98. The summed E-state index contributed by atoms with van der Waals surface area (Å²) < 4.78 is 0. The normalized spacial score (nSPS) is 17.5. The van der Waals surface area contributed by atoms with E-state index in [2.05, 4.69) is 11.9 Å². The third-order valence-electron chi connectivity index (χ3n) is 3.96. The van der Waals surface area contributed by atoms with Crippen LogP contribution in [-0.4, -0.2) is 18.2 Å². The molecule has 1 aliphatic rings. The van der Waals surface area contributed by atoms with Crippen LogP contribution in [0.3, 0.4) is 0 Å². The molecule has 100 valence electrons. The van der Waals surface area contributed by atoms with E-state index < -0.39 is 0 Å². The number of hydrogen-bond acceptors (Lipinski definition) is 2. The Kier molecular flexibility index (Phi) is 4.90. The van der Waals surface area contributed by atoms with Crippen molar-refractivity contribution in [2.24, 2.45) is 0 Å². The van der Waals surface area contributed by atoms with Crippen LogP contribution in [-0.2, 0) is 6.61 Å². The molecule has 0 aliphatic heterocycles. The highest BCUT2D eigenvalue weighted by atomic mass is 35.5. The van der Waals surface area contributed by atoms with E-state index in [1.165, 1.54) is 38.5 Å². The highest BCUT2D eigenvalue weighted by molar-refractivity contribution is 6.30. The highest BCUT2D eigenvalue weighted by Crippen LogP contribution is 2.29. The van der Waals surface area contributed by atoms with Crippen molar-refractivity contribution in [1.82, 2.24) is 0 Å². The first-order valence-corrected chi connectivity index (χ1v) is 7.22. The summed E-state index contributed by atoms with van der Waals surface area (Å²) in [6, 6.07) is 6.39. The molecule has 0 aromatic heterocycles. The predicted octanol–water partition coefficient (Wildman–Crippen LogP) is 3.99. The van der Waals surface area contributed by atoms with Crippen LogP contribution in [0.5, 0.6) is 0 Å². The lowest BCUT2D eigenvalue weighted by atomic mass is 10.1. The number of aliphatic hydroxyl groups excluding tert-OH is 1. The van der Waals surface area contributed by atoms with Gasteiger partial charge in [-0.15, -0.1) is 0 Å². The number of anilines is 1. The molecule has 1 fully saturated rings. The van der Waals surface area contributed by atoms with Gasteiger partial charge in [-0.05, 0) is 31.0 Å². The molecule has 0 unspecified atom stereocenters. The van der Waals surface area contributed by atoms with Crippen LogP contribution in [0, 0.1) is 0 Å². The number of hydrogen-bond donors (Lipinski definition) is 1. The molecule has 1 aromatic rings. The zero-order valence-electron chi connectivity index (χ0n) is 11.0. The highest BCUT2D eigenvalue weighted by Gasteiger charge is 2.19. The molecule has 2 rings (SSSR count). The summed E-state index contributed by atoms with van der Waals surface area (Å²) in [7, 11) is 2.14. The second-order valence-electron chi connectivity index (χ2n) is 5.19. The van der Waals surface area contributed by atoms with Crippen LogP contribution >= 0.6 is 11.6 Å². The monoisotopic (exact) mass is 267 g/mol. The van der Waals surface area contributed by atoms with Crippen molar-refractivity contribution < 1.29 is 5.11 Å². The minimum Gasteiger partial charge on any atom is -0.392 e. The molecule has 0 spiro atoms. The Bertz CT molecular complexity index is 386. The Hall–Kier alpha value is -0.730. The van der Waals surface area contributed by atoms with Crippen molar-refractivity contribution in [2.45, 2.75) is 51.2 Å². The second kappa shape index (κ2) is 6.44. The molecule has 18 heavy (non-hydrogen) atoms. The molecule has 1 N–H and O–H groups in total. The lowest BCUT2D eigenvalue weighted by molar-refractivity contribution is 0.282. The maximum absolute atomic E-state index is 9.46. The molecule has 0 heterocycles. The first-order chi connectivity index (χ1) is 8.72. The fraction of sp³-hybridized carbons (Fsp3) is 0.600. The minimum atomic E-state index is 0.0486. The second-order valence-corrected chi connectivity index (χ2v) is 5.62. The molecule has 1 saturated carbocycles. The van der Waals surface area contributed by atoms with Crippen molar-refractivity contribution in [2.75, 3.05) is 11.9 Å². The van der Waals surface area contributed by atoms with Gasteiger partial charge in [0.1, 0.15) is 0 Å². The van der Waals surface area contributed by atoms with E-state index >= 15 is 0 Å². The van der Waals surface area contributed by atoms with Crippen molar-refractivity contribution in [3.05, 3.63) is 28.8 Å². The van der Waals surface area contributed by atoms with Crippen LogP contribution in [0.4, 0.5) is 5.69 Å². The number of aliphatic hydroxyl groups is 1. The molecule has 0 radical (unpaired) electrons. The van der Waals surface area contributed by atoms with Gasteiger partial charge in [0.2, 0.25) is 0 Å². The van der Waals surface area contributed by atoms with Gasteiger partial charge in [0.05, 0.1) is 6.61 Å². The Balaban J connectivity index is 2.18. The fourth-order valence-corrected chi connectivity index (χ4v) is 3.06. The first-order valence-electron chi connectivity index (χ1n) is 6.84. The Morgan fingerprint density at radius 3 is 2.50 bits per heavy atom. The lowest BCUT2D eigenvalue weighted by Crippen LogP contribution is -2.31. The summed E-state index contributed by atoms with van der Waals surface area (Å²) in [4.78, 5) is 2.33. The van der Waals surface area contributed by atoms with Gasteiger partial charge >= 0.3 is 0 Å². The van der Waals surface area contributed by atoms with Gasteiger partial charge in [-0.1, -0.05) is 37.3 Å². The molecule has 0 atom stereocenters. The Morgan fingerprint density at radius 2 is 1.89 bits per heavy atom. The molecule has 0 amide bonds. The van der Waals surface area contributed by atoms with E-state index in [1.807, 2.05) is 18.2 Å². The van der Waals surface area contributed by atoms with E-state index in [9.17, 15) is 5.11 Å². The molecule has 1 aromatic carbocycles. The fourth-order valence-electron chi connectivity index (χ4n) is 2.87. The van der Waals surface area contributed by atoms with E-state index in [-0.39, 0.29) is 6.61 Å². The quantitative estimate of drug-likeness (QED) is 0.837. The van der Waals surface area contributed by atoms with Crippen LogP contribution in [0.2, 0.25) is 5.02 Å². The van der Waals surface area contributed by atoms with Crippen molar-refractivity contribution in [3.63, 3.8) is 0 Å². The van der Waals surface area contributed by atoms with Gasteiger partial charge in [-0.3, -0.25) is 0 Å². The largest absolute Gasteiger partial charge is 0.392 e. The minimum absolute atomic E-state index is 0.0486. The Labute approximate surface area is 115 Å². The Morgan fingerprint density at radius 1 is 1.22 bits per heavy atom. The van der Waals surface area contributed by atoms with Gasteiger partial charge in [0.25, 0.3) is 0 Å². The number of rotatable bonds is 3. The van der Waals surface area contributed by atoms with Crippen LogP contribution in [0.1, 0.15) is 44.1 Å². The molecule has 0 saturated heterocycles. The number of nitrogens with zero attached hydrogens (tertiary/aromatic N) is 1. The van der Waals surface area contributed by atoms with Gasteiger partial charge in [-0.25, -0.2) is 0 Å². The summed E-state index contributed by atoms with van der Waals surface area (Å²) in [6.45, 7) is 0.0486. The molecular formula is C15H22ClNO. The predicted molar refractivity (Wildman–Crippen MR) is 77.3 cm³/mol. The van der Waals surface area contributed by atoms with Crippen molar-refractivity contribution in [3.8, 4) is 0 Å². The average Bonchev–Trinajstić information content (AvgIpc) is 2.66.